The van der Waals surface area contributed by atoms with Crippen molar-refractivity contribution < 1.29 is 4.74 Å². The van der Waals surface area contributed by atoms with E-state index in [9.17, 15) is 0 Å². The zero-order valence-electron chi connectivity index (χ0n) is 15.0. The second kappa shape index (κ2) is 9.93. The van der Waals surface area contributed by atoms with Crippen molar-refractivity contribution in [1.82, 2.24) is 20.2 Å². The number of hydrogen-bond acceptors (Lipinski definition) is 3. The van der Waals surface area contributed by atoms with Gasteiger partial charge in [0.1, 0.15) is 5.82 Å². The minimum absolute atomic E-state index is 0.696. The summed E-state index contributed by atoms with van der Waals surface area (Å²) in [7, 11) is 0. The predicted molar refractivity (Wildman–Crippen MR) is 99.6 cm³/mol. The van der Waals surface area contributed by atoms with E-state index in [1.807, 2.05) is 13.0 Å². The minimum atomic E-state index is 0.696. The van der Waals surface area contributed by atoms with Crippen molar-refractivity contribution in [3.63, 3.8) is 0 Å². The lowest BCUT2D eigenvalue weighted by Gasteiger charge is -2.11. The van der Waals surface area contributed by atoms with Gasteiger partial charge < -0.3 is 19.9 Å². The molecule has 24 heavy (non-hydrogen) atoms. The van der Waals surface area contributed by atoms with Gasteiger partial charge >= 0.3 is 0 Å². The van der Waals surface area contributed by atoms with Crippen molar-refractivity contribution in [3.05, 3.63) is 30.1 Å². The molecule has 1 aromatic heterocycles. The summed E-state index contributed by atoms with van der Waals surface area (Å²) >= 11 is 0. The Morgan fingerprint density at radius 2 is 2.08 bits per heavy atom. The van der Waals surface area contributed by atoms with Crippen molar-refractivity contribution in [3.8, 4) is 0 Å². The van der Waals surface area contributed by atoms with Gasteiger partial charge in [-0.05, 0) is 39.3 Å². The van der Waals surface area contributed by atoms with Gasteiger partial charge in [-0.15, -0.1) is 0 Å². The Bertz CT molecular complexity index is 650. The van der Waals surface area contributed by atoms with Crippen LogP contribution in [0.3, 0.4) is 0 Å². The monoisotopic (exact) mass is 331 g/mol. The van der Waals surface area contributed by atoms with Crippen LogP contribution < -0.4 is 10.6 Å². The van der Waals surface area contributed by atoms with Gasteiger partial charge in [0.05, 0.1) is 17.6 Å². The highest BCUT2D eigenvalue weighted by Gasteiger charge is 2.05. The normalized spacial score (nSPS) is 11.9. The van der Waals surface area contributed by atoms with E-state index in [4.69, 9.17) is 4.74 Å². The molecule has 0 saturated carbocycles. The van der Waals surface area contributed by atoms with Gasteiger partial charge in [0.25, 0.3) is 0 Å². The molecule has 6 heteroatoms. The Morgan fingerprint density at radius 1 is 1.25 bits per heavy atom. The molecule has 0 saturated heterocycles. The molecule has 0 fully saturated rings. The zero-order valence-corrected chi connectivity index (χ0v) is 15.0. The Balaban J connectivity index is 1.85. The van der Waals surface area contributed by atoms with Crippen molar-refractivity contribution in [2.75, 3.05) is 32.8 Å². The van der Waals surface area contributed by atoms with E-state index in [0.29, 0.717) is 6.61 Å². The van der Waals surface area contributed by atoms with Gasteiger partial charge in [0, 0.05) is 32.8 Å². The van der Waals surface area contributed by atoms with E-state index in [0.717, 1.165) is 56.5 Å². The maximum Gasteiger partial charge on any atom is 0.191 e. The molecule has 132 valence electrons. The van der Waals surface area contributed by atoms with Crippen LogP contribution in [0.1, 0.15) is 26.1 Å². The fourth-order valence-electron chi connectivity index (χ4n) is 2.63. The first-order chi connectivity index (χ1) is 11.8. The van der Waals surface area contributed by atoms with Crippen LogP contribution in [-0.4, -0.2) is 48.4 Å². The van der Waals surface area contributed by atoms with Gasteiger partial charge in [-0.3, -0.25) is 4.99 Å². The summed E-state index contributed by atoms with van der Waals surface area (Å²) in [4.78, 5) is 9.23. The molecule has 1 heterocycles. The summed E-state index contributed by atoms with van der Waals surface area (Å²) in [6.07, 6.45) is 0.975. The van der Waals surface area contributed by atoms with E-state index < -0.39 is 0 Å². The van der Waals surface area contributed by atoms with E-state index >= 15 is 0 Å². The fourth-order valence-corrected chi connectivity index (χ4v) is 2.63. The Hall–Kier alpha value is -2.08. The molecular formula is C18H29N5O. The first-order valence-corrected chi connectivity index (χ1v) is 8.78. The number of aliphatic imine (C=N–C) groups is 1. The van der Waals surface area contributed by atoms with Crippen LogP contribution in [0, 0.1) is 6.92 Å². The number of nitrogens with one attached hydrogen (secondary N) is 2. The smallest absolute Gasteiger partial charge is 0.191 e. The zero-order chi connectivity index (χ0) is 17.2. The summed E-state index contributed by atoms with van der Waals surface area (Å²) in [5, 5.41) is 6.54. The lowest BCUT2D eigenvalue weighted by atomic mass is 10.3. The minimum Gasteiger partial charge on any atom is -0.380 e. The average Bonchev–Trinajstić information content (AvgIpc) is 2.91. The second-order valence-corrected chi connectivity index (χ2v) is 5.54. The van der Waals surface area contributed by atoms with E-state index in [2.05, 4.69) is 57.2 Å². The molecule has 2 aromatic rings. The van der Waals surface area contributed by atoms with Gasteiger partial charge in [-0.1, -0.05) is 12.1 Å². The quantitative estimate of drug-likeness (QED) is 0.420. The average molecular weight is 331 g/mol. The third-order valence-corrected chi connectivity index (χ3v) is 3.74. The molecule has 1 aromatic carbocycles. The molecule has 0 bridgehead atoms. The van der Waals surface area contributed by atoms with Crippen LogP contribution in [-0.2, 0) is 11.3 Å². The van der Waals surface area contributed by atoms with Crippen LogP contribution >= 0.6 is 0 Å². The van der Waals surface area contributed by atoms with Gasteiger partial charge in [0.2, 0.25) is 0 Å². The highest BCUT2D eigenvalue weighted by atomic mass is 16.5. The SMILES string of the molecule is CCNC(=NCCCn1c(C)nc2ccccc21)NCCOCC. The fraction of sp³-hybridized carbons (Fsp3) is 0.556. The summed E-state index contributed by atoms with van der Waals surface area (Å²) in [6, 6.07) is 8.27. The number of nitrogens with zero attached hydrogens (tertiary/aromatic N) is 3. The number of guanidine groups is 1. The highest BCUT2D eigenvalue weighted by molar-refractivity contribution is 5.79. The van der Waals surface area contributed by atoms with Crippen LogP contribution in [0.4, 0.5) is 0 Å². The van der Waals surface area contributed by atoms with Crippen molar-refractivity contribution in [1.29, 1.82) is 0 Å². The summed E-state index contributed by atoms with van der Waals surface area (Å²) in [5.41, 5.74) is 2.25. The topological polar surface area (TPSA) is 63.5 Å². The summed E-state index contributed by atoms with van der Waals surface area (Å²) in [5.74, 6) is 1.91. The van der Waals surface area contributed by atoms with Crippen molar-refractivity contribution in [2.45, 2.75) is 33.7 Å². The van der Waals surface area contributed by atoms with Crippen LogP contribution in [0.5, 0.6) is 0 Å². The number of fused-ring (bicyclic) bond motifs is 1. The molecule has 0 amide bonds. The molecule has 0 atom stereocenters. The maximum atomic E-state index is 5.34. The first kappa shape index (κ1) is 18.3. The van der Waals surface area contributed by atoms with Gasteiger partial charge in [-0.25, -0.2) is 4.98 Å². The molecule has 0 radical (unpaired) electrons. The molecule has 0 spiro atoms. The number of imidazole rings is 1. The number of rotatable bonds is 9. The number of para-hydroxylation sites is 2. The molecule has 2 rings (SSSR count). The Morgan fingerprint density at radius 3 is 2.88 bits per heavy atom. The lowest BCUT2D eigenvalue weighted by Crippen LogP contribution is -2.39. The number of benzene rings is 1. The first-order valence-electron chi connectivity index (χ1n) is 8.78. The van der Waals surface area contributed by atoms with Crippen molar-refractivity contribution in [2.24, 2.45) is 4.99 Å². The highest BCUT2D eigenvalue weighted by Crippen LogP contribution is 2.15. The molecule has 0 aliphatic carbocycles. The lowest BCUT2D eigenvalue weighted by molar-refractivity contribution is 0.152. The molecule has 0 aliphatic heterocycles. The van der Waals surface area contributed by atoms with Gasteiger partial charge in [0.15, 0.2) is 5.96 Å². The number of hydrogen-bond donors (Lipinski definition) is 2. The maximum absolute atomic E-state index is 5.34. The molecule has 0 aliphatic rings. The third kappa shape index (κ3) is 5.23. The number of ether oxygens (including phenoxy) is 1. The van der Waals surface area contributed by atoms with E-state index in [1.54, 1.807) is 0 Å². The van der Waals surface area contributed by atoms with Crippen molar-refractivity contribution >= 4 is 17.0 Å². The molecule has 6 nitrogen and oxygen atoms in total. The van der Waals surface area contributed by atoms with E-state index in [1.165, 1.54) is 5.52 Å². The largest absolute Gasteiger partial charge is 0.380 e. The van der Waals surface area contributed by atoms with Gasteiger partial charge in [-0.2, -0.15) is 0 Å². The Labute approximate surface area is 144 Å². The van der Waals surface area contributed by atoms with Crippen LogP contribution in [0.25, 0.3) is 11.0 Å². The predicted octanol–water partition coefficient (Wildman–Crippen LogP) is 2.33. The Kier molecular flexibility index (Phi) is 7.55. The molecular weight excluding hydrogens is 302 g/mol. The van der Waals surface area contributed by atoms with E-state index in [-0.39, 0.29) is 0 Å². The van der Waals surface area contributed by atoms with Crippen LogP contribution in [0.15, 0.2) is 29.3 Å². The van der Waals surface area contributed by atoms with Crippen LogP contribution in [0.2, 0.25) is 0 Å². The standard InChI is InChI=1S/C18H29N5O/c1-4-19-18(21-12-14-24-5-2)20-11-8-13-23-15(3)22-16-9-6-7-10-17(16)23/h6-7,9-10H,4-5,8,11-14H2,1-3H3,(H2,19,20,21). The second-order valence-electron chi connectivity index (χ2n) is 5.54. The third-order valence-electron chi connectivity index (χ3n) is 3.74. The number of aromatic nitrogens is 2. The summed E-state index contributed by atoms with van der Waals surface area (Å²) in [6.45, 7) is 10.9. The number of aryl methyl sites for hydroxylation is 2. The summed E-state index contributed by atoms with van der Waals surface area (Å²) < 4.78 is 7.60. The molecule has 0 unspecified atom stereocenters. The molecule has 2 N–H and O–H groups in total.